The molecule has 0 saturated carbocycles. The van der Waals surface area contributed by atoms with Gasteiger partial charge < -0.3 is 10.6 Å². The lowest BCUT2D eigenvalue weighted by molar-refractivity contribution is -0.114. The van der Waals surface area contributed by atoms with E-state index in [1.807, 2.05) is 6.07 Å². The van der Waals surface area contributed by atoms with Crippen LogP contribution in [0.1, 0.15) is 17.4 Å². The average Bonchev–Trinajstić information content (AvgIpc) is 2.74. The largest absolute Gasteiger partial charge is 0.326 e. The van der Waals surface area contributed by atoms with Crippen LogP contribution in [0.3, 0.4) is 0 Å². The van der Waals surface area contributed by atoms with Crippen molar-refractivity contribution in [3.05, 3.63) is 94.9 Å². The zero-order valence-electron chi connectivity index (χ0n) is 16.1. The summed E-state index contributed by atoms with van der Waals surface area (Å²) in [6, 6.07) is 22.6. The Hall–Kier alpha value is -4.26. The highest BCUT2D eigenvalue weighted by Gasteiger charge is 2.17. The number of aromatic nitrogens is 2. The number of nitrogens with zero attached hydrogens (tertiary/aromatic N) is 2. The molecule has 1 aromatic heterocycles. The predicted molar refractivity (Wildman–Crippen MR) is 116 cm³/mol. The summed E-state index contributed by atoms with van der Waals surface area (Å²) in [5, 5.41) is 10.7. The Morgan fingerprint density at radius 3 is 2.13 bits per heavy atom. The van der Waals surface area contributed by atoms with Crippen LogP contribution in [-0.2, 0) is 4.79 Å². The highest BCUT2D eigenvalue weighted by atomic mass is 16.2. The number of carbonyl (C=O) groups excluding carboxylic acids is 2. The third kappa shape index (κ3) is 3.81. The van der Waals surface area contributed by atoms with Crippen molar-refractivity contribution in [3.63, 3.8) is 0 Å². The number of hydrogen-bond donors (Lipinski definition) is 2. The number of rotatable bonds is 4. The summed E-state index contributed by atoms with van der Waals surface area (Å²) >= 11 is 0. The fourth-order valence-corrected chi connectivity index (χ4v) is 3.17. The van der Waals surface area contributed by atoms with Crippen molar-refractivity contribution < 1.29 is 9.59 Å². The Balaban J connectivity index is 1.78. The average molecular weight is 398 g/mol. The molecular weight excluding hydrogens is 380 g/mol. The Labute approximate surface area is 172 Å². The van der Waals surface area contributed by atoms with E-state index >= 15 is 0 Å². The smallest absolute Gasteiger partial charge is 0.279 e. The molecule has 1 heterocycles. The van der Waals surface area contributed by atoms with Gasteiger partial charge in [-0.05, 0) is 36.4 Å². The first-order chi connectivity index (χ1) is 14.5. The van der Waals surface area contributed by atoms with Crippen LogP contribution in [0.25, 0.3) is 16.5 Å². The van der Waals surface area contributed by atoms with Crippen LogP contribution in [0, 0.1) is 0 Å². The van der Waals surface area contributed by atoms with Crippen LogP contribution in [0.4, 0.5) is 11.4 Å². The van der Waals surface area contributed by atoms with Crippen LogP contribution >= 0.6 is 0 Å². The fraction of sp³-hybridized carbons (Fsp3) is 0.0435. The van der Waals surface area contributed by atoms with E-state index in [2.05, 4.69) is 15.7 Å². The molecule has 4 rings (SSSR count). The van der Waals surface area contributed by atoms with Gasteiger partial charge in [-0.3, -0.25) is 14.4 Å². The number of para-hydroxylation sites is 1. The number of benzene rings is 3. The number of hydrogen-bond acceptors (Lipinski definition) is 4. The van der Waals surface area contributed by atoms with Crippen LogP contribution in [0.2, 0.25) is 0 Å². The summed E-state index contributed by atoms with van der Waals surface area (Å²) in [5.74, 6) is -0.670. The van der Waals surface area contributed by atoms with Crippen molar-refractivity contribution in [2.45, 2.75) is 6.92 Å². The van der Waals surface area contributed by atoms with Gasteiger partial charge in [-0.2, -0.15) is 9.78 Å². The van der Waals surface area contributed by atoms with Gasteiger partial charge >= 0.3 is 0 Å². The van der Waals surface area contributed by atoms with Crippen molar-refractivity contribution in [3.8, 4) is 5.69 Å². The van der Waals surface area contributed by atoms with E-state index in [-0.39, 0.29) is 17.2 Å². The van der Waals surface area contributed by atoms with Gasteiger partial charge in [0.1, 0.15) is 0 Å². The predicted octanol–water partition coefficient (Wildman–Crippen LogP) is 3.60. The highest BCUT2D eigenvalue weighted by Crippen LogP contribution is 2.19. The molecule has 2 amide bonds. The van der Waals surface area contributed by atoms with E-state index in [9.17, 15) is 14.4 Å². The Morgan fingerprint density at radius 1 is 0.800 bits per heavy atom. The van der Waals surface area contributed by atoms with Crippen LogP contribution in [0.15, 0.2) is 83.7 Å². The highest BCUT2D eigenvalue weighted by molar-refractivity contribution is 6.11. The number of nitrogens with one attached hydrogen (secondary N) is 2. The molecule has 0 fully saturated rings. The minimum absolute atomic E-state index is 0.124. The zero-order valence-corrected chi connectivity index (χ0v) is 16.1. The summed E-state index contributed by atoms with van der Waals surface area (Å²) in [6.07, 6.45) is 0. The lowest BCUT2D eigenvalue weighted by Crippen LogP contribution is -2.26. The summed E-state index contributed by atoms with van der Waals surface area (Å²) in [7, 11) is 0. The topological polar surface area (TPSA) is 93.1 Å². The molecule has 0 saturated heterocycles. The van der Waals surface area contributed by atoms with Gasteiger partial charge in [-0.15, -0.1) is 0 Å². The molecule has 2 N–H and O–H groups in total. The zero-order chi connectivity index (χ0) is 21.1. The summed E-state index contributed by atoms with van der Waals surface area (Å²) in [6.45, 7) is 1.41. The molecule has 0 spiro atoms. The first-order valence-electron chi connectivity index (χ1n) is 9.29. The minimum Gasteiger partial charge on any atom is -0.326 e. The molecule has 3 aromatic carbocycles. The fourth-order valence-electron chi connectivity index (χ4n) is 3.17. The van der Waals surface area contributed by atoms with Gasteiger partial charge in [-0.25, -0.2) is 0 Å². The normalized spacial score (nSPS) is 10.6. The molecular formula is C23H18N4O3. The number of carbonyl (C=O) groups is 2. The molecule has 0 bridgehead atoms. The summed E-state index contributed by atoms with van der Waals surface area (Å²) in [4.78, 5) is 37.3. The van der Waals surface area contributed by atoms with E-state index < -0.39 is 5.91 Å². The molecule has 0 unspecified atom stereocenters. The van der Waals surface area contributed by atoms with E-state index in [1.165, 1.54) is 11.6 Å². The molecule has 0 atom stereocenters. The first-order valence-corrected chi connectivity index (χ1v) is 9.29. The third-order valence-corrected chi connectivity index (χ3v) is 4.46. The number of fused-ring (bicyclic) bond motifs is 1. The lowest BCUT2D eigenvalue weighted by Gasteiger charge is -2.12. The molecule has 0 aliphatic rings. The molecule has 148 valence electrons. The monoisotopic (exact) mass is 398 g/mol. The van der Waals surface area contributed by atoms with Gasteiger partial charge in [0.15, 0.2) is 5.69 Å². The summed E-state index contributed by atoms with van der Waals surface area (Å²) in [5.41, 5.74) is 1.44. The minimum atomic E-state index is -0.462. The van der Waals surface area contributed by atoms with Gasteiger partial charge in [0.05, 0.1) is 11.1 Å². The van der Waals surface area contributed by atoms with Crippen LogP contribution < -0.4 is 16.2 Å². The number of amides is 2. The van der Waals surface area contributed by atoms with Gasteiger partial charge in [0.25, 0.3) is 11.5 Å². The van der Waals surface area contributed by atoms with Gasteiger partial charge in [-0.1, -0.05) is 42.5 Å². The molecule has 0 aliphatic heterocycles. The van der Waals surface area contributed by atoms with Crippen molar-refractivity contribution in [1.29, 1.82) is 0 Å². The van der Waals surface area contributed by atoms with E-state index in [0.29, 0.717) is 27.8 Å². The Kier molecular flexibility index (Phi) is 5.09. The second-order valence-corrected chi connectivity index (χ2v) is 6.66. The molecule has 7 nitrogen and oxygen atoms in total. The second kappa shape index (κ2) is 8.00. The van der Waals surface area contributed by atoms with E-state index in [1.54, 1.807) is 72.8 Å². The number of anilines is 2. The quantitative estimate of drug-likeness (QED) is 0.549. The maximum atomic E-state index is 13.1. The van der Waals surface area contributed by atoms with E-state index in [0.717, 1.165) is 0 Å². The Bertz CT molecular complexity index is 1310. The molecule has 30 heavy (non-hydrogen) atoms. The molecule has 4 aromatic rings. The van der Waals surface area contributed by atoms with Gasteiger partial charge in [0, 0.05) is 23.7 Å². The van der Waals surface area contributed by atoms with Crippen LogP contribution in [-0.4, -0.2) is 21.6 Å². The standard InChI is InChI=1S/C23H18N4O3/c1-15(28)24-16-8-7-9-17(14-16)25-22(29)21-19-12-5-6-13-20(19)23(30)27(26-21)18-10-3-2-4-11-18/h2-14H,1H3,(H,24,28)(H,25,29). The van der Waals surface area contributed by atoms with Crippen molar-refractivity contribution in [2.75, 3.05) is 10.6 Å². The lowest BCUT2D eigenvalue weighted by atomic mass is 10.1. The SMILES string of the molecule is CC(=O)Nc1cccc(NC(=O)c2nn(-c3ccccc3)c(=O)c3ccccc23)c1. The molecule has 0 radical (unpaired) electrons. The maximum absolute atomic E-state index is 13.1. The second-order valence-electron chi connectivity index (χ2n) is 6.66. The van der Waals surface area contributed by atoms with Crippen molar-refractivity contribution in [2.24, 2.45) is 0 Å². The first kappa shape index (κ1) is 19.1. The van der Waals surface area contributed by atoms with Crippen molar-refractivity contribution in [1.82, 2.24) is 9.78 Å². The molecule has 0 aliphatic carbocycles. The van der Waals surface area contributed by atoms with E-state index in [4.69, 9.17) is 0 Å². The molecule has 7 heteroatoms. The van der Waals surface area contributed by atoms with Crippen LogP contribution in [0.5, 0.6) is 0 Å². The maximum Gasteiger partial charge on any atom is 0.279 e. The Morgan fingerprint density at radius 2 is 1.43 bits per heavy atom. The van der Waals surface area contributed by atoms with Crippen molar-refractivity contribution >= 4 is 34.0 Å². The van der Waals surface area contributed by atoms with Gasteiger partial charge in [0.2, 0.25) is 5.91 Å². The third-order valence-electron chi connectivity index (χ3n) is 4.46. The summed E-state index contributed by atoms with van der Waals surface area (Å²) < 4.78 is 1.23.